The number of methoxy groups -OCH3 is 1. The lowest BCUT2D eigenvalue weighted by Crippen LogP contribution is -2.22. The van der Waals surface area contributed by atoms with Crippen LogP contribution in [0.25, 0.3) is 0 Å². The molecule has 1 N–H and O–H groups in total. The van der Waals surface area contributed by atoms with Crippen molar-refractivity contribution in [1.82, 2.24) is 0 Å². The highest BCUT2D eigenvalue weighted by molar-refractivity contribution is 5.29. The quantitative estimate of drug-likeness (QED) is 0.886. The van der Waals surface area contributed by atoms with Crippen LogP contribution in [0.3, 0.4) is 0 Å². The summed E-state index contributed by atoms with van der Waals surface area (Å²) in [5.74, 6) is 1.59. The molecule has 0 spiro atoms. The van der Waals surface area contributed by atoms with E-state index in [0.717, 1.165) is 30.1 Å². The summed E-state index contributed by atoms with van der Waals surface area (Å²) in [4.78, 5) is 0. The molecular formula is C16H24O3. The van der Waals surface area contributed by atoms with Crippen LogP contribution in [-0.2, 0) is 4.74 Å². The van der Waals surface area contributed by atoms with Gasteiger partial charge in [-0.3, -0.25) is 0 Å². The zero-order valence-electron chi connectivity index (χ0n) is 11.8. The van der Waals surface area contributed by atoms with E-state index in [-0.39, 0.29) is 0 Å². The number of hydrogen-bond donors (Lipinski definition) is 1. The zero-order chi connectivity index (χ0) is 13.7. The van der Waals surface area contributed by atoms with E-state index in [1.807, 2.05) is 24.3 Å². The van der Waals surface area contributed by atoms with E-state index in [0.29, 0.717) is 12.7 Å². The van der Waals surface area contributed by atoms with Crippen LogP contribution in [0.2, 0.25) is 0 Å². The third-order valence-electron chi connectivity index (χ3n) is 3.93. The molecule has 3 heteroatoms. The highest BCUT2D eigenvalue weighted by atomic mass is 16.5. The van der Waals surface area contributed by atoms with Gasteiger partial charge in [0.15, 0.2) is 0 Å². The fourth-order valence-electron chi connectivity index (χ4n) is 2.57. The molecule has 1 fully saturated rings. The fourth-order valence-corrected chi connectivity index (χ4v) is 2.57. The van der Waals surface area contributed by atoms with E-state index in [2.05, 4.69) is 6.92 Å². The van der Waals surface area contributed by atoms with Crippen LogP contribution in [0.15, 0.2) is 24.3 Å². The number of hydrogen-bond acceptors (Lipinski definition) is 3. The van der Waals surface area contributed by atoms with Gasteiger partial charge in [0.1, 0.15) is 11.9 Å². The van der Waals surface area contributed by atoms with Crippen LogP contribution < -0.4 is 4.74 Å². The minimum atomic E-state index is -0.575. The van der Waals surface area contributed by atoms with Crippen LogP contribution in [0.1, 0.15) is 44.3 Å². The van der Waals surface area contributed by atoms with Gasteiger partial charge in [0, 0.05) is 0 Å². The topological polar surface area (TPSA) is 38.7 Å². The van der Waals surface area contributed by atoms with Crippen molar-refractivity contribution >= 4 is 0 Å². The second-order valence-corrected chi connectivity index (χ2v) is 5.51. The molecule has 1 aromatic rings. The molecule has 0 saturated heterocycles. The molecule has 0 aliphatic heterocycles. The van der Waals surface area contributed by atoms with Crippen LogP contribution in [0.5, 0.6) is 5.75 Å². The van der Waals surface area contributed by atoms with Crippen molar-refractivity contribution in [3.05, 3.63) is 29.8 Å². The number of aliphatic hydroxyl groups is 1. The third-order valence-corrected chi connectivity index (χ3v) is 3.93. The second-order valence-electron chi connectivity index (χ2n) is 5.51. The van der Waals surface area contributed by atoms with Crippen molar-refractivity contribution in [1.29, 1.82) is 0 Å². The van der Waals surface area contributed by atoms with Gasteiger partial charge >= 0.3 is 0 Å². The first kappa shape index (κ1) is 14.4. The van der Waals surface area contributed by atoms with Crippen LogP contribution in [-0.4, -0.2) is 24.9 Å². The van der Waals surface area contributed by atoms with Crippen molar-refractivity contribution in [2.24, 2.45) is 5.92 Å². The predicted molar refractivity (Wildman–Crippen MR) is 75.3 cm³/mol. The Labute approximate surface area is 115 Å². The van der Waals surface area contributed by atoms with Gasteiger partial charge in [-0.05, 0) is 49.3 Å². The minimum absolute atomic E-state index is 0.316. The lowest BCUT2D eigenvalue weighted by Gasteiger charge is -2.27. The van der Waals surface area contributed by atoms with Crippen molar-refractivity contribution in [3.63, 3.8) is 0 Å². The van der Waals surface area contributed by atoms with E-state index in [9.17, 15) is 5.11 Å². The molecule has 1 saturated carbocycles. The molecule has 0 amide bonds. The molecule has 1 aliphatic carbocycles. The highest BCUT2D eigenvalue weighted by Gasteiger charge is 2.20. The number of benzene rings is 1. The summed E-state index contributed by atoms with van der Waals surface area (Å²) >= 11 is 0. The van der Waals surface area contributed by atoms with Crippen LogP contribution >= 0.6 is 0 Å². The number of aliphatic hydroxyl groups excluding tert-OH is 1. The van der Waals surface area contributed by atoms with E-state index in [4.69, 9.17) is 9.47 Å². The van der Waals surface area contributed by atoms with Crippen LogP contribution in [0.4, 0.5) is 0 Å². The molecular weight excluding hydrogens is 240 g/mol. The van der Waals surface area contributed by atoms with Gasteiger partial charge in [0.25, 0.3) is 0 Å². The Balaban J connectivity index is 1.81. The third kappa shape index (κ3) is 4.22. The molecule has 1 atom stereocenters. The average Bonchev–Trinajstić information content (AvgIpc) is 2.46. The molecule has 1 aliphatic rings. The van der Waals surface area contributed by atoms with Gasteiger partial charge in [0.2, 0.25) is 0 Å². The SMILES string of the molecule is COc1cccc(C(O)COC2CCC(C)CC2)c1. The minimum Gasteiger partial charge on any atom is -0.497 e. The molecule has 1 unspecified atom stereocenters. The maximum Gasteiger partial charge on any atom is 0.119 e. The summed E-state index contributed by atoms with van der Waals surface area (Å²) in [6.07, 6.45) is 4.45. The summed E-state index contributed by atoms with van der Waals surface area (Å²) in [5.41, 5.74) is 0.850. The smallest absolute Gasteiger partial charge is 0.119 e. The molecule has 0 aromatic heterocycles. The lowest BCUT2D eigenvalue weighted by molar-refractivity contribution is -0.0294. The molecule has 19 heavy (non-hydrogen) atoms. The molecule has 0 bridgehead atoms. The Hall–Kier alpha value is -1.06. The summed E-state index contributed by atoms with van der Waals surface area (Å²) < 4.78 is 11.0. The first-order chi connectivity index (χ1) is 9.19. The standard InChI is InChI=1S/C16H24O3/c1-12-6-8-14(9-7-12)19-11-16(17)13-4-3-5-15(10-13)18-2/h3-5,10,12,14,16-17H,6-9,11H2,1-2H3. The number of ether oxygens (including phenoxy) is 2. The molecule has 1 aromatic carbocycles. The van der Waals surface area contributed by atoms with Gasteiger partial charge in [-0.25, -0.2) is 0 Å². The van der Waals surface area contributed by atoms with Gasteiger partial charge in [-0.1, -0.05) is 19.1 Å². The largest absolute Gasteiger partial charge is 0.497 e. The number of rotatable bonds is 5. The van der Waals surface area contributed by atoms with E-state index < -0.39 is 6.10 Å². The summed E-state index contributed by atoms with van der Waals surface area (Å²) in [6.45, 7) is 2.66. The van der Waals surface area contributed by atoms with E-state index >= 15 is 0 Å². The summed E-state index contributed by atoms with van der Waals surface area (Å²) in [7, 11) is 1.63. The van der Waals surface area contributed by atoms with Gasteiger partial charge in [0.05, 0.1) is 19.8 Å². The molecule has 0 heterocycles. The molecule has 2 rings (SSSR count). The normalized spacial score (nSPS) is 25.0. The highest BCUT2D eigenvalue weighted by Crippen LogP contribution is 2.27. The average molecular weight is 264 g/mol. The Bertz CT molecular complexity index is 383. The maximum atomic E-state index is 10.1. The van der Waals surface area contributed by atoms with Gasteiger partial charge in [-0.2, -0.15) is 0 Å². The first-order valence-corrected chi connectivity index (χ1v) is 7.12. The maximum absolute atomic E-state index is 10.1. The molecule has 3 nitrogen and oxygen atoms in total. The zero-order valence-corrected chi connectivity index (χ0v) is 11.8. The van der Waals surface area contributed by atoms with Crippen molar-refractivity contribution in [2.45, 2.75) is 44.8 Å². The monoisotopic (exact) mass is 264 g/mol. The van der Waals surface area contributed by atoms with Crippen molar-refractivity contribution in [3.8, 4) is 5.75 Å². The van der Waals surface area contributed by atoms with E-state index in [1.165, 1.54) is 12.8 Å². The van der Waals surface area contributed by atoms with Crippen LogP contribution in [0, 0.1) is 5.92 Å². The Morgan fingerprint density at radius 1 is 1.26 bits per heavy atom. The fraction of sp³-hybridized carbons (Fsp3) is 0.625. The van der Waals surface area contributed by atoms with Crippen molar-refractivity contribution < 1.29 is 14.6 Å². The second kappa shape index (κ2) is 6.92. The lowest BCUT2D eigenvalue weighted by atomic mass is 9.89. The molecule has 0 radical (unpaired) electrons. The first-order valence-electron chi connectivity index (χ1n) is 7.12. The van der Waals surface area contributed by atoms with Crippen molar-refractivity contribution in [2.75, 3.05) is 13.7 Å². The summed E-state index contributed by atoms with van der Waals surface area (Å²) in [5, 5.41) is 10.1. The van der Waals surface area contributed by atoms with Gasteiger partial charge in [-0.15, -0.1) is 0 Å². The summed E-state index contributed by atoms with van der Waals surface area (Å²) in [6, 6.07) is 7.52. The molecule has 106 valence electrons. The Kier molecular flexibility index (Phi) is 5.23. The van der Waals surface area contributed by atoms with E-state index in [1.54, 1.807) is 7.11 Å². The van der Waals surface area contributed by atoms with Gasteiger partial charge < -0.3 is 14.6 Å². The predicted octanol–water partition coefficient (Wildman–Crippen LogP) is 3.32. The Morgan fingerprint density at radius 2 is 2.00 bits per heavy atom. The Morgan fingerprint density at radius 3 is 2.68 bits per heavy atom.